The van der Waals surface area contributed by atoms with Crippen LogP contribution in [0.2, 0.25) is 19.1 Å². The second-order valence-electron chi connectivity index (χ2n) is 7.75. The van der Waals surface area contributed by atoms with Crippen molar-refractivity contribution in [1.82, 2.24) is 0 Å². The van der Waals surface area contributed by atoms with Crippen molar-refractivity contribution in [2.45, 2.75) is 96.6 Å². The molecule has 136 valence electrons. The Morgan fingerprint density at radius 2 is 1.83 bits per heavy atom. The van der Waals surface area contributed by atoms with Crippen molar-refractivity contribution >= 4 is 14.3 Å². The van der Waals surface area contributed by atoms with Gasteiger partial charge < -0.3 is 9.53 Å². The molecule has 0 heterocycles. The van der Waals surface area contributed by atoms with Gasteiger partial charge in [-0.1, -0.05) is 26.7 Å². The fourth-order valence-electron chi connectivity index (χ4n) is 3.82. The van der Waals surface area contributed by atoms with Crippen LogP contribution >= 0.6 is 0 Å². The summed E-state index contributed by atoms with van der Waals surface area (Å²) in [6, 6.07) is 0.591. The highest BCUT2D eigenvalue weighted by Gasteiger charge is 2.34. The molecule has 1 aliphatic carbocycles. The van der Waals surface area contributed by atoms with E-state index in [1.165, 1.54) is 0 Å². The van der Waals surface area contributed by atoms with E-state index in [0.717, 1.165) is 38.5 Å². The van der Waals surface area contributed by atoms with Crippen molar-refractivity contribution in [3.05, 3.63) is 0 Å². The lowest BCUT2D eigenvalue weighted by molar-refractivity contribution is -0.137. The van der Waals surface area contributed by atoms with Crippen LogP contribution in [-0.4, -0.2) is 31.7 Å². The number of hydrogen-bond acceptors (Lipinski definition) is 2. The molecule has 3 nitrogen and oxygen atoms in total. The monoisotopic (exact) mass is 346 g/mol. The van der Waals surface area contributed by atoms with Crippen molar-refractivity contribution in [1.29, 1.82) is 0 Å². The normalized spacial score (nSPS) is 25.1. The van der Waals surface area contributed by atoms with E-state index in [-0.39, 0.29) is 12.5 Å². The number of aliphatic carboxylic acids is 1. The Morgan fingerprint density at radius 3 is 2.30 bits per heavy atom. The first kappa shape index (κ1) is 20.6. The third-order valence-electron chi connectivity index (χ3n) is 5.21. The van der Waals surface area contributed by atoms with Gasteiger partial charge in [-0.15, -0.1) is 0 Å². The molecule has 1 saturated carbocycles. The Morgan fingerprint density at radius 1 is 1.22 bits per heavy atom. The molecule has 0 aromatic rings. The number of rotatable bonds is 10. The van der Waals surface area contributed by atoms with E-state index in [2.05, 4.69) is 20.0 Å². The molecular formula is C18H35FO3Si. The van der Waals surface area contributed by atoms with Crippen molar-refractivity contribution in [3.63, 3.8) is 0 Å². The smallest absolute Gasteiger partial charge is 0.303 e. The number of halogens is 1. The van der Waals surface area contributed by atoms with Crippen LogP contribution in [0.4, 0.5) is 4.39 Å². The van der Waals surface area contributed by atoms with E-state index in [4.69, 9.17) is 9.53 Å². The molecule has 0 amide bonds. The van der Waals surface area contributed by atoms with Crippen LogP contribution in [-0.2, 0) is 9.22 Å². The maximum Gasteiger partial charge on any atom is 0.303 e. The number of carbonyl (C=O) groups is 1. The summed E-state index contributed by atoms with van der Waals surface area (Å²) in [5, 5.41) is 8.80. The Kier molecular flexibility index (Phi) is 8.76. The zero-order valence-electron chi connectivity index (χ0n) is 15.3. The zero-order valence-corrected chi connectivity index (χ0v) is 16.3. The van der Waals surface area contributed by atoms with Crippen molar-refractivity contribution in [3.8, 4) is 0 Å². The van der Waals surface area contributed by atoms with Crippen LogP contribution in [0.15, 0.2) is 0 Å². The molecule has 0 radical (unpaired) electrons. The van der Waals surface area contributed by atoms with Crippen molar-refractivity contribution < 1.29 is 18.7 Å². The summed E-state index contributed by atoms with van der Waals surface area (Å²) < 4.78 is 20.2. The lowest BCUT2D eigenvalue weighted by atomic mass is 9.77. The van der Waals surface area contributed by atoms with Gasteiger partial charge in [-0.25, -0.2) is 4.39 Å². The Hall–Kier alpha value is -0.423. The van der Waals surface area contributed by atoms with E-state index < -0.39 is 20.5 Å². The molecule has 0 bridgehead atoms. The minimum atomic E-state index is -1.96. The first-order chi connectivity index (χ1) is 10.8. The largest absolute Gasteiger partial charge is 0.481 e. The van der Waals surface area contributed by atoms with E-state index >= 15 is 0 Å². The lowest BCUT2D eigenvalue weighted by Gasteiger charge is -2.38. The Labute approximate surface area is 142 Å². The molecule has 1 fully saturated rings. The van der Waals surface area contributed by atoms with Gasteiger partial charge in [-0.05, 0) is 63.1 Å². The number of alkyl halides is 1. The molecule has 0 saturated heterocycles. The van der Waals surface area contributed by atoms with E-state index in [1.807, 2.05) is 6.92 Å². The maximum absolute atomic E-state index is 13.7. The van der Waals surface area contributed by atoms with Gasteiger partial charge in [0.1, 0.15) is 0 Å². The van der Waals surface area contributed by atoms with Crippen LogP contribution < -0.4 is 0 Å². The van der Waals surface area contributed by atoms with Gasteiger partial charge in [0.2, 0.25) is 0 Å². The van der Waals surface area contributed by atoms with Crippen LogP contribution in [0, 0.1) is 11.8 Å². The molecule has 1 N–H and O–H groups in total. The third-order valence-corrected chi connectivity index (χ3v) is 7.58. The summed E-state index contributed by atoms with van der Waals surface area (Å²) in [4.78, 5) is 10.7. The van der Waals surface area contributed by atoms with Gasteiger partial charge in [0, 0.05) is 12.5 Å². The van der Waals surface area contributed by atoms with Crippen LogP contribution in [0.1, 0.15) is 65.2 Å². The predicted molar refractivity (Wildman–Crippen MR) is 95.0 cm³/mol. The average Bonchev–Trinajstić information content (AvgIpc) is 2.50. The SMILES string of the molecule is CCC(F)C[Si](C)(C)OC(CC)C1CCC(CCC(=O)O)CC1. The molecular weight excluding hydrogens is 311 g/mol. The fourth-order valence-corrected chi connectivity index (χ4v) is 6.46. The molecule has 1 rings (SSSR count). The molecule has 2 atom stereocenters. The van der Waals surface area contributed by atoms with Gasteiger partial charge >= 0.3 is 5.97 Å². The third kappa shape index (κ3) is 7.79. The van der Waals surface area contributed by atoms with Gasteiger partial charge in [-0.3, -0.25) is 4.79 Å². The molecule has 0 spiro atoms. The maximum atomic E-state index is 13.7. The lowest BCUT2D eigenvalue weighted by Crippen LogP contribution is -2.41. The van der Waals surface area contributed by atoms with Crippen LogP contribution in [0.25, 0.3) is 0 Å². The first-order valence-corrected chi connectivity index (χ1v) is 12.4. The first-order valence-electron chi connectivity index (χ1n) is 9.31. The highest BCUT2D eigenvalue weighted by molar-refractivity contribution is 6.71. The molecule has 0 aromatic carbocycles. The summed E-state index contributed by atoms with van der Waals surface area (Å²) in [5.41, 5.74) is 0. The van der Waals surface area contributed by atoms with Gasteiger partial charge in [0.05, 0.1) is 6.17 Å². The number of carboxylic acids is 1. The van der Waals surface area contributed by atoms with Crippen molar-refractivity contribution in [2.24, 2.45) is 11.8 Å². The predicted octanol–water partition coefficient (Wildman–Crippen LogP) is 5.41. The number of hydrogen-bond donors (Lipinski definition) is 1. The van der Waals surface area contributed by atoms with E-state index in [1.54, 1.807) is 0 Å². The van der Waals surface area contributed by atoms with E-state index in [0.29, 0.717) is 24.3 Å². The number of carboxylic acid groups (broad SMARTS) is 1. The molecule has 0 aromatic heterocycles. The summed E-state index contributed by atoms with van der Waals surface area (Å²) in [6.07, 6.45) is 6.65. The Balaban J connectivity index is 2.45. The van der Waals surface area contributed by atoms with Gasteiger partial charge in [0.25, 0.3) is 0 Å². The standard InChI is InChI=1S/C18H35FO3Si/c1-5-16(19)13-23(3,4)22-17(6-2)15-10-7-14(8-11-15)9-12-18(20)21/h14-17H,5-13H2,1-4H3,(H,20,21). The molecule has 5 heteroatoms. The van der Waals surface area contributed by atoms with Crippen LogP contribution in [0.3, 0.4) is 0 Å². The molecule has 0 aliphatic heterocycles. The highest BCUT2D eigenvalue weighted by Crippen LogP contribution is 2.36. The Bertz CT molecular complexity index is 354. The second kappa shape index (κ2) is 9.77. The summed E-state index contributed by atoms with van der Waals surface area (Å²) in [5.74, 6) is 0.430. The minimum absolute atomic E-state index is 0.251. The topological polar surface area (TPSA) is 46.5 Å². The highest BCUT2D eigenvalue weighted by atomic mass is 28.4. The summed E-state index contributed by atoms with van der Waals surface area (Å²) >= 11 is 0. The van der Waals surface area contributed by atoms with Crippen LogP contribution in [0.5, 0.6) is 0 Å². The molecule has 1 aliphatic rings. The second-order valence-corrected chi connectivity index (χ2v) is 11.9. The molecule has 2 unspecified atom stereocenters. The zero-order chi connectivity index (χ0) is 17.5. The summed E-state index contributed by atoms with van der Waals surface area (Å²) in [6.45, 7) is 8.33. The quantitative estimate of drug-likeness (QED) is 0.538. The van der Waals surface area contributed by atoms with E-state index in [9.17, 15) is 9.18 Å². The summed E-state index contributed by atoms with van der Waals surface area (Å²) in [7, 11) is -1.96. The van der Waals surface area contributed by atoms with Crippen molar-refractivity contribution in [2.75, 3.05) is 0 Å². The molecule has 23 heavy (non-hydrogen) atoms. The van der Waals surface area contributed by atoms with Gasteiger partial charge in [0.15, 0.2) is 8.32 Å². The minimum Gasteiger partial charge on any atom is -0.481 e. The fraction of sp³-hybridized carbons (Fsp3) is 0.944. The van der Waals surface area contributed by atoms with Gasteiger partial charge in [-0.2, -0.15) is 0 Å². The average molecular weight is 347 g/mol.